The van der Waals surface area contributed by atoms with E-state index in [9.17, 15) is 9.59 Å². The Balaban J connectivity index is 2.54. The molecule has 0 aliphatic carbocycles. The molecule has 1 rings (SSSR count). The SMILES string of the molecule is CN(C)C(=O)CNC(=O)/C=C/c1ccc(Cl)c(Cl)c1. The molecule has 0 bridgehead atoms. The van der Waals surface area contributed by atoms with Crippen molar-refractivity contribution in [2.24, 2.45) is 0 Å². The van der Waals surface area contributed by atoms with Crippen LogP contribution in [-0.4, -0.2) is 37.4 Å². The van der Waals surface area contributed by atoms with E-state index in [1.165, 1.54) is 11.0 Å². The summed E-state index contributed by atoms with van der Waals surface area (Å²) in [7, 11) is 3.25. The van der Waals surface area contributed by atoms with Crippen molar-refractivity contribution < 1.29 is 9.59 Å². The molecule has 0 aromatic heterocycles. The lowest BCUT2D eigenvalue weighted by Gasteiger charge is -2.09. The number of carbonyl (C=O) groups excluding carboxylic acids is 2. The molecule has 1 N–H and O–H groups in total. The number of rotatable bonds is 4. The molecule has 0 heterocycles. The monoisotopic (exact) mass is 300 g/mol. The van der Waals surface area contributed by atoms with Crippen LogP contribution >= 0.6 is 23.2 Å². The molecule has 0 saturated carbocycles. The van der Waals surface area contributed by atoms with Gasteiger partial charge in [-0.1, -0.05) is 29.3 Å². The summed E-state index contributed by atoms with van der Waals surface area (Å²) < 4.78 is 0. The largest absolute Gasteiger partial charge is 0.347 e. The normalized spacial score (nSPS) is 10.5. The topological polar surface area (TPSA) is 49.4 Å². The summed E-state index contributed by atoms with van der Waals surface area (Å²) in [5, 5.41) is 3.37. The smallest absolute Gasteiger partial charge is 0.244 e. The highest BCUT2D eigenvalue weighted by atomic mass is 35.5. The second kappa shape index (κ2) is 7.16. The molecule has 0 aliphatic heterocycles. The summed E-state index contributed by atoms with van der Waals surface area (Å²) in [6, 6.07) is 5.04. The van der Waals surface area contributed by atoms with Crippen molar-refractivity contribution in [3.05, 3.63) is 39.9 Å². The number of benzene rings is 1. The van der Waals surface area contributed by atoms with E-state index in [2.05, 4.69) is 5.32 Å². The highest BCUT2D eigenvalue weighted by Gasteiger charge is 2.04. The Labute approximate surface area is 122 Å². The molecule has 0 aliphatic rings. The van der Waals surface area contributed by atoms with Crippen LogP contribution in [0, 0.1) is 0 Å². The fraction of sp³-hybridized carbons (Fsp3) is 0.231. The maximum Gasteiger partial charge on any atom is 0.244 e. The Hall–Kier alpha value is -1.52. The number of likely N-dealkylation sites (N-methyl/N-ethyl adjacent to an activating group) is 1. The van der Waals surface area contributed by atoms with Crippen LogP contribution in [0.5, 0.6) is 0 Å². The van der Waals surface area contributed by atoms with Gasteiger partial charge in [-0.25, -0.2) is 0 Å². The van der Waals surface area contributed by atoms with Crippen molar-refractivity contribution in [2.45, 2.75) is 0 Å². The molecular formula is C13H14Cl2N2O2. The summed E-state index contributed by atoms with van der Waals surface area (Å²) in [5.74, 6) is -0.516. The Morgan fingerprint density at radius 1 is 1.26 bits per heavy atom. The van der Waals surface area contributed by atoms with Gasteiger partial charge in [-0.05, 0) is 23.8 Å². The predicted octanol–water partition coefficient (Wildman–Crippen LogP) is 2.21. The molecule has 102 valence electrons. The Morgan fingerprint density at radius 3 is 2.53 bits per heavy atom. The number of hydrogen-bond acceptors (Lipinski definition) is 2. The highest BCUT2D eigenvalue weighted by molar-refractivity contribution is 6.42. The summed E-state index contributed by atoms with van der Waals surface area (Å²) >= 11 is 11.6. The standard InChI is InChI=1S/C13H14Cl2N2O2/c1-17(2)13(19)8-16-12(18)6-4-9-3-5-10(14)11(15)7-9/h3-7H,8H2,1-2H3,(H,16,18)/b6-4+. The minimum Gasteiger partial charge on any atom is -0.347 e. The molecule has 0 fully saturated rings. The van der Waals surface area contributed by atoms with Crippen LogP contribution in [0.15, 0.2) is 24.3 Å². The number of halogens is 2. The first-order valence-electron chi connectivity index (χ1n) is 5.51. The summed E-state index contributed by atoms with van der Waals surface area (Å²) in [4.78, 5) is 24.1. The van der Waals surface area contributed by atoms with Crippen molar-refractivity contribution >= 4 is 41.1 Å². The van der Waals surface area contributed by atoms with E-state index in [0.29, 0.717) is 10.0 Å². The molecule has 0 radical (unpaired) electrons. The fourth-order valence-corrected chi connectivity index (χ4v) is 1.47. The van der Waals surface area contributed by atoms with Gasteiger partial charge in [0.1, 0.15) is 0 Å². The maximum absolute atomic E-state index is 11.5. The van der Waals surface area contributed by atoms with Crippen LogP contribution < -0.4 is 5.32 Å². The summed E-state index contributed by atoms with van der Waals surface area (Å²) in [6.07, 6.45) is 2.93. The van der Waals surface area contributed by atoms with E-state index in [1.54, 1.807) is 38.4 Å². The zero-order valence-electron chi connectivity index (χ0n) is 10.6. The second-order valence-electron chi connectivity index (χ2n) is 4.01. The minimum absolute atomic E-state index is 0.0302. The van der Waals surface area contributed by atoms with Crippen LogP contribution in [0.1, 0.15) is 5.56 Å². The van der Waals surface area contributed by atoms with Crippen molar-refractivity contribution in [1.29, 1.82) is 0 Å². The van der Waals surface area contributed by atoms with Crippen LogP contribution in [-0.2, 0) is 9.59 Å². The summed E-state index contributed by atoms with van der Waals surface area (Å²) in [6.45, 7) is -0.0302. The molecule has 0 atom stereocenters. The number of amides is 2. The first-order valence-corrected chi connectivity index (χ1v) is 6.27. The van der Waals surface area contributed by atoms with Crippen LogP contribution in [0.4, 0.5) is 0 Å². The molecule has 0 saturated heterocycles. The van der Waals surface area contributed by atoms with Crippen molar-refractivity contribution in [3.63, 3.8) is 0 Å². The van der Waals surface area contributed by atoms with Gasteiger partial charge in [0.2, 0.25) is 11.8 Å². The number of carbonyl (C=O) groups is 2. The molecule has 4 nitrogen and oxygen atoms in total. The molecule has 0 spiro atoms. The molecular weight excluding hydrogens is 287 g/mol. The van der Waals surface area contributed by atoms with E-state index in [1.807, 2.05) is 0 Å². The second-order valence-corrected chi connectivity index (χ2v) is 4.83. The fourth-order valence-electron chi connectivity index (χ4n) is 1.17. The molecule has 19 heavy (non-hydrogen) atoms. The summed E-state index contributed by atoms with van der Waals surface area (Å²) in [5.41, 5.74) is 0.753. The number of nitrogens with zero attached hydrogens (tertiary/aromatic N) is 1. The van der Waals surface area contributed by atoms with Crippen LogP contribution in [0.2, 0.25) is 10.0 Å². The third-order valence-electron chi connectivity index (χ3n) is 2.28. The quantitative estimate of drug-likeness (QED) is 0.867. The zero-order valence-corrected chi connectivity index (χ0v) is 12.1. The Morgan fingerprint density at radius 2 is 1.95 bits per heavy atom. The van der Waals surface area contributed by atoms with Crippen molar-refractivity contribution in [2.75, 3.05) is 20.6 Å². The van der Waals surface area contributed by atoms with Crippen molar-refractivity contribution in [1.82, 2.24) is 10.2 Å². The molecule has 6 heteroatoms. The van der Waals surface area contributed by atoms with Crippen molar-refractivity contribution in [3.8, 4) is 0 Å². The van der Waals surface area contributed by atoms with Gasteiger partial charge in [-0.15, -0.1) is 0 Å². The van der Waals surface area contributed by atoms with Gasteiger partial charge in [-0.2, -0.15) is 0 Å². The molecule has 0 unspecified atom stereocenters. The Bertz CT molecular complexity index is 513. The lowest BCUT2D eigenvalue weighted by Crippen LogP contribution is -2.35. The van der Waals surface area contributed by atoms with Gasteiger partial charge in [0.25, 0.3) is 0 Å². The van der Waals surface area contributed by atoms with Gasteiger partial charge in [0, 0.05) is 20.2 Å². The third-order valence-corrected chi connectivity index (χ3v) is 3.02. The average Bonchev–Trinajstić information content (AvgIpc) is 2.37. The van der Waals surface area contributed by atoms with Gasteiger partial charge in [0.05, 0.1) is 16.6 Å². The van der Waals surface area contributed by atoms with E-state index in [4.69, 9.17) is 23.2 Å². The van der Waals surface area contributed by atoms with Gasteiger partial charge in [0.15, 0.2) is 0 Å². The van der Waals surface area contributed by atoms with Gasteiger partial charge >= 0.3 is 0 Å². The lowest BCUT2D eigenvalue weighted by atomic mass is 10.2. The Kier molecular flexibility index (Phi) is 5.86. The van der Waals surface area contributed by atoms with E-state index in [-0.39, 0.29) is 18.4 Å². The highest BCUT2D eigenvalue weighted by Crippen LogP contribution is 2.22. The molecule has 1 aromatic rings. The van der Waals surface area contributed by atoms with Gasteiger partial charge < -0.3 is 10.2 Å². The van der Waals surface area contributed by atoms with E-state index >= 15 is 0 Å². The minimum atomic E-state index is -0.346. The maximum atomic E-state index is 11.5. The number of nitrogens with one attached hydrogen (secondary N) is 1. The van der Waals surface area contributed by atoms with E-state index in [0.717, 1.165) is 5.56 Å². The third kappa shape index (κ3) is 5.32. The first kappa shape index (κ1) is 15.5. The lowest BCUT2D eigenvalue weighted by molar-refractivity contribution is -0.129. The molecule has 1 aromatic carbocycles. The molecule has 2 amide bonds. The average molecular weight is 301 g/mol. The van der Waals surface area contributed by atoms with Gasteiger partial charge in [-0.3, -0.25) is 9.59 Å². The van der Waals surface area contributed by atoms with Crippen LogP contribution in [0.25, 0.3) is 6.08 Å². The predicted molar refractivity (Wildman–Crippen MR) is 77.2 cm³/mol. The van der Waals surface area contributed by atoms with Crippen LogP contribution in [0.3, 0.4) is 0 Å². The first-order chi connectivity index (χ1) is 8.90. The zero-order chi connectivity index (χ0) is 14.4. The van der Waals surface area contributed by atoms with E-state index < -0.39 is 0 Å². The number of hydrogen-bond donors (Lipinski definition) is 1.